The van der Waals surface area contributed by atoms with Crippen molar-refractivity contribution in [2.75, 3.05) is 13.2 Å². The summed E-state index contributed by atoms with van der Waals surface area (Å²) in [5.74, 6) is -1.44. The molecule has 2 heterocycles. The molecule has 43 heavy (non-hydrogen) atoms. The van der Waals surface area contributed by atoms with Crippen LogP contribution in [0.1, 0.15) is 61.3 Å². The van der Waals surface area contributed by atoms with Crippen molar-refractivity contribution >= 4 is 34.4 Å². The Morgan fingerprint density at radius 2 is 1.79 bits per heavy atom. The van der Waals surface area contributed by atoms with E-state index in [0.717, 1.165) is 22.8 Å². The summed E-state index contributed by atoms with van der Waals surface area (Å²) in [7, 11) is 0. The number of carbonyl (C=O) groups is 4. The van der Waals surface area contributed by atoms with Crippen molar-refractivity contribution in [3.8, 4) is 0 Å². The highest BCUT2D eigenvalue weighted by Crippen LogP contribution is 2.21. The first kappa shape index (κ1) is 31.7. The van der Waals surface area contributed by atoms with Crippen LogP contribution in [0.25, 0.3) is 10.8 Å². The molecule has 11 heteroatoms. The summed E-state index contributed by atoms with van der Waals surface area (Å²) in [5, 5.41) is 27.0. The van der Waals surface area contributed by atoms with E-state index in [-0.39, 0.29) is 36.5 Å². The second-order valence-corrected chi connectivity index (χ2v) is 11.6. The van der Waals surface area contributed by atoms with Gasteiger partial charge in [0, 0.05) is 24.9 Å². The molecule has 4 atom stereocenters. The lowest BCUT2D eigenvalue weighted by molar-refractivity contribution is -0.131. The molecule has 1 aliphatic heterocycles. The quantitative estimate of drug-likeness (QED) is 0.204. The number of rotatable bonds is 13. The predicted molar refractivity (Wildman–Crippen MR) is 161 cm³/mol. The number of hydrogen-bond acceptors (Lipinski definition) is 7. The Hall–Kier alpha value is -4.25. The zero-order valence-corrected chi connectivity index (χ0v) is 24.9. The van der Waals surface area contributed by atoms with Crippen LogP contribution in [0.5, 0.6) is 0 Å². The predicted octanol–water partition coefficient (Wildman–Crippen LogP) is 2.40. The molecule has 0 aliphatic carbocycles. The third-order valence-electron chi connectivity index (χ3n) is 7.66. The molecule has 4 rings (SSSR count). The zero-order valence-electron chi connectivity index (χ0n) is 24.9. The van der Waals surface area contributed by atoms with Gasteiger partial charge in [-0.1, -0.05) is 61.5 Å². The lowest BCUT2D eigenvalue weighted by Crippen LogP contribution is -2.56. The smallest absolute Gasteiger partial charge is 0.274 e. The first-order chi connectivity index (χ1) is 20.6. The van der Waals surface area contributed by atoms with Crippen LogP contribution in [0.15, 0.2) is 53.1 Å². The molecule has 0 unspecified atom stereocenters. The van der Waals surface area contributed by atoms with Gasteiger partial charge in [-0.15, -0.1) is 0 Å². The number of aryl methyl sites for hydroxylation is 1. The third kappa shape index (κ3) is 8.63. The molecule has 230 valence electrons. The molecular weight excluding hydrogens is 550 g/mol. The molecule has 1 aromatic heterocycles. The summed E-state index contributed by atoms with van der Waals surface area (Å²) in [5.41, 5.74) is 0.896. The van der Waals surface area contributed by atoms with Crippen LogP contribution in [0.3, 0.4) is 0 Å². The molecule has 11 nitrogen and oxygen atoms in total. The maximum absolute atomic E-state index is 13.8. The molecule has 2 aromatic carbocycles. The maximum atomic E-state index is 13.8. The molecule has 0 spiro atoms. The Morgan fingerprint density at radius 3 is 2.49 bits per heavy atom. The van der Waals surface area contributed by atoms with Crippen LogP contribution in [-0.2, 0) is 20.8 Å². The first-order valence-electron chi connectivity index (χ1n) is 14.8. The fourth-order valence-corrected chi connectivity index (χ4v) is 5.47. The van der Waals surface area contributed by atoms with Crippen molar-refractivity contribution in [1.29, 1.82) is 0 Å². The number of piperidine rings is 1. The molecule has 5 N–H and O–H groups in total. The summed E-state index contributed by atoms with van der Waals surface area (Å²) >= 11 is 0. The summed E-state index contributed by atoms with van der Waals surface area (Å²) in [6.45, 7) is 5.82. The van der Waals surface area contributed by atoms with E-state index >= 15 is 0 Å². The maximum Gasteiger partial charge on any atom is 0.274 e. The van der Waals surface area contributed by atoms with Crippen molar-refractivity contribution < 1.29 is 28.8 Å². The first-order valence-corrected chi connectivity index (χ1v) is 14.8. The van der Waals surface area contributed by atoms with E-state index in [1.54, 1.807) is 6.92 Å². The van der Waals surface area contributed by atoms with E-state index in [2.05, 4.69) is 26.4 Å². The molecule has 0 saturated carbocycles. The molecule has 4 amide bonds. The van der Waals surface area contributed by atoms with Crippen molar-refractivity contribution in [3.05, 3.63) is 65.5 Å². The van der Waals surface area contributed by atoms with Crippen LogP contribution in [0.4, 0.5) is 0 Å². The molecule has 1 aliphatic rings. The molecule has 0 bridgehead atoms. The van der Waals surface area contributed by atoms with E-state index in [0.29, 0.717) is 31.6 Å². The molecule has 1 saturated heterocycles. The van der Waals surface area contributed by atoms with E-state index in [1.807, 2.05) is 56.3 Å². The third-order valence-corrected chi connectivity index (χ3v) is 7.66. The number of benzene rings is 2. The number of aliphatic hydroxyl groups excluding tert-OH is 1. The van der Waals surface area contributed by atoms with E-state index < -0.39 is 35.8 Å². The average Bonchev–Trinajstić information content (AvgIpc) is 3.43. The van der Waals surface area contributed by atoms with Crippen LogP contribution in [-0.4, -0.2) is 65.2 Å². The van der Waals surface area contributed by atoms with Crippen molar-refractivity contribution in [2.24, 2.45) is 11.8 Å². The number of aromatic nitrogens is 1. The van der Waals surface area contributed by atoms with Crippen molar-refractivity contribution in [3.63, 3.8) is 0 Å². The van der Waals surface area contributed by atoms with Gasteiger partial charge >= 0.3 is 0 Å². The Morgan fingerprint density at radius 1 is 1.05 bits per heavy atom. The lowest BCUT2D eigenvalue weighted by atomic mass is 9.91. The van der Waals surface area contributed by atoms with E-state index in [1.165, 1.54) is 6.07 Å². The minimum absolute atomic E-state index is 0.0437. The van der Waals surface area contributed by atoms with Crippen molar-refractivity contribution in [1.82, 2.24) is 26.4 Å². The molecule has 3 aromatic rings. The summed E-state index contributed by atoms with van der Waals surface area (Å²) in [6.07, 6.45) is 2.32. The summed E-state index contributed by atoms with van der Waals surface area (Å²) < 4.78 is 5.04. The van der Waals surface area contributed by atoms with Gasteiger partial charge in [0.25, 0.3) is 5.91 Å². The van der Waals surface area contributed by atoms with Crippen molar-refractivity contribution in [2.45, 2.75) is 71.0 Å². The average molecular weight is 592 g/mol. The minimum Gasteiger partial charge on any atom is -0.394 e. The Kier molecular flexibility index (Phi) is 10.9. The summed E-state index contributed by atoms with van der Waals surface area (Å²) in [6, 6.07) is 12.4. The monoisotopic (exact) mass is 591 g/mol. The van der Waals surface area contributed by atoms with Gasteiger partial charge in [-0.3, -0.25) is 19.2 Å². The highest BCUT2D eigenvalue weighted by molar-refractivity contribution is 5.97. The SMILES string of the molecule is Cc1cc(C(=O)N[C@@H](Cc2cccc3ccccc23)C(=O)N[C@@H](CC(C)C)C(=O)N[C@H](CO)C[C@@H]2CCCNC2=O)no1. The van der Waals surface area contributed by atoms with Crippen LogP contribution < -0.4 is 21.3 Å². The van der Waals surface area contributed by atoms with Crippen LogP contribution in [0.2, 0.25) is 0 Å². The van der Waals surface area contributed by atoms with Gasteiger partial charge in [-0.2, -0.15) is 0 Å². The number of fused-ring (bicyclic) bond motifs is 1. The van der Waals surface area contributed by atoms with Gasteiger partial charge in [-0.25, -0.2) is 0 Å². The topological polar surface area (TPSA) is 163 Å². The Balaban J connectivity index is 1.53. The molecule has 0 radical (unpaired) electrons. The second-order valence-electron chi connectivity index (χ2n) is 11.6. The number of carbonyl (C=O) groups excluding carboxylic acids is 4. The normalized spacial score (nSPS) is 17.1. The van der Waals surface area contributed by atoms with E-state index in [9.17, 15) is 24.3 Å². The number of nitrogens with zero attached hydrogens (tertiary/aromatic N) is 1. The number of hydrogen-bond donors (Lipinski definition) is 5. The van der Waals surface area contributed by atoms with Crippen LogP contribution in [0, 0.1) is 18.8 Å². The van der Waals surface area contributed by atoms with Crippen LogP contribution >= 0.6 is 0 Å². The number of nitrogens with one attached hydrogen (secondary N) is 4. The fraction of sp³-hybridized carbons (Fsp3) is 0.469. The minimum atomic E-state index is -1.03. The number of aliphatic hydroxyl groups is 1. The summed E-state index contributed by atoms with van der Waals surface area (Å²) in [4.78, 5) is 52.6. The second kappa shape index (κ2) is 14.8. The number of amides is 4. The Labute approximate surface area is 251 Å². The standard InChI is InChI=1S/C32H41N5O6/c1-19(2)14-26(30(40)34-24(18-38)16-23-11-7-13-33-29(23)39)35-31(41)27(36-32(42)28-15-20(3)43-37-28)17-22-10-6-9-21-8-4-5-12-25(21)22/h4-6,8-10,12,15,19,23-24,26-27,38H,7,11,13-14,16-18H2,1-3H3,(H,33,39)(H,34,40)(H,35,41)(H,36,42)/t23-,24-,26-,27-/m0/s1. The highest BCUT2D eigenvalue weighted by atomic mass is 16.5. The van der Waals surface area contributed by atoms with Gasteiger partial charge in [-0.05, 0) is 54.9 Å². The van der Waals surface area contributed by atoms with Gasteiger partial charge in [0.15, 0.2) is 5.69 Å². The van der Waals surface area contributed by atoms with E-state index in [4.69, 9.17) is 4.52 Å². The zero-order chi connectivity index (χ0) is 30.9. The fourth-order valence-electron chi connectivity index (χ4n) is 5.47. The largest absolute Gasteiger partial charge is 0.394 e. The molecule has 1 fully saturated rings. The van der Waals surface area contributed by atoms with Gasteiger partial charge < -0.3 is 30.9 Å². The highest BCUT2D eigenvalue weighted by Gasteiger charge is 2.31. The molecular formula is C32H41N5O6. The lowest BCUT2D eigenvalue weighted by Gasteiger charge is -2.28. The Bertz CT molecular complexity index is 1430. The van der Waals surface area contributed by atoms with Gasteiger partial charge in [0.05, 0.1) is 12.6 Å². The van der Waals surface area contributed by atoms with Gasteiger partial charge in [0.2, 0.25) is 17.7 Å². The van der Waals surface area contributed by atoms with Gasteiger partial charge in [0.1, 0.15) is 17.8 Å².